The van der Waals surface area contributed by atoms with E-state index in [1.54, 1.807) is 25.1 Å². The molecule has 0 saturated carbocycles. The van der Waals surface area contributed by atoms with Gasteiger partial charge >= 0.3 is 5.97 Å². The van der Waals surface area contributed by atoms with Crippen molar-refractivity contribution in [2.45, 2.75) is 6.92 Å². The van der Waals surface area contributed by atoms with Gasteiger partial charge in [0.05, 0.1) is 17.2 Å². The second kappa shape index (κ2) is 9.32. The Morgan fingerprint density at radius 2 is 1.84 bits per heavy atom. The van der Waals surface area contributed by atoms with Gasteiger partial charge in [-0.2, -0.15) is 0 Å². The van der Waals surface area contributed by atoms with E-state index in [0.717, 1.165) is 32.0 Å². The molecule has 0 aliphatic carbocycles. The van der Waals surface area contributed by atoms with E-state index in [1.165, 1.54) is 7.11 Å². The lowest BCUT2D eigenvalue weighted by Gasteiger charge is -2.33. The molecule has 3 heterocycles. The lowest BCUT2D eigenvalue weighted by atomic mass is 10.1. The number of carbonyl (C=O) groups excluding carboxylic acids is 1. The van der Waals surface area contributed by atoms with E-state index in [9.17, 15) is 4.79 Å². The Kier molecular flexibility index (Phi) is 6.50. The summed E-state index contributed by atoms with van der Waals surface area (Å²) in [6.45, 7) is 5.42. The highest BCUT2D eigenvalue weighted by Crippen LogP contribution is 2.39. The SMILES string of the molecule is COC(=O)c1c(-c2c(Cl)cccc2Cl)noc1Nc1cc(N2CCN(C)CC2)nc(C)n1. The molecule has 1 aromatic carbocycles. The highest BCUT2D eigenvalue weighted by Gasteiger charge is 2.28. The van der Waals surface area contributed by atoms with Crippen molar-refractivity contribution in [1.82, 2.24) is 20.0 Å². The number of nitrogens with zero attached hydrogens (tertiary/aromatic N) is 5. The average Bonchev–Trinajstić information content (AvgIpc) is 3.16. The summed E-state index contributed by atoms with van der Waals surface area (Å²) in [6, 6.07) is 6.82. The molecule has 3 aromatic rings. The molecule has 1 aliphatic heterocycles. The minimum Gasteiger partial charge on any atom is -0.465 e. The number of halogens is 2. The van der Waals surface area contributed by atoms with Gasteiger partial charge in [-0.15, -0.1) is 0 Å². The van der Waals surface area contributed by atoms with E-state index in [1.807, 2.05) is 6.07 Å². The number of anilines is 3. The fourth-order valence-corrected chi connectivity index (χ4v) is 4.07. The van der Waals surface area contributed by atoms with Crippen LogP contribution in [0, 0.1) is 6.92 Å². The zero-order valence-corrected chi connectivity index (χ0v) is 19.4. The first kappa shape index (κ1) is 22.3. The smallest absolute Gasteiger partial charge is 0.345 e. The average molecular weight is 477 g/mol. The van der Waals surface area contributed by atoms with Crippen LogP contribution in [0.15, 0.2) is 28.8 Å². The van der Waals surface area contributed by atoms with Crippen molar-refractivity contribution in [2.75, 3.05) is 50.6 Å². The van der Waals surface area contributed by atoms with Crippen LogP contribution in [0.5, 0.6) is 0 Å². The highest BCUT2D eigenvalue weighted by atomic mass is 35.5. The lowest BCUT2D eigenvalue weighted by molar-refractivity contribution is 0.0602. The Labute approximate surface area is 195 Å². The van der Waals surface area contributed by atoms with Crippen molar-refractivity contribution in [3.05, 3.63) is 45.7 Å². The number of likely N-dealkylation sites (N-methyl/N-ethyl adjacent to an activating group) is 1. The number of hydrogen-bond donors (Lipinski definition) is 1. The molecule has 0 spiro atoms. The van der Waals surface area contributed by atoms with Gasteiger partial charge in [0.25, 0.3) is 0 Å². The van der Waals surface area contributed by atoms with Crippen molar-refractivity contribution in [2.24, 2.45) is 0 Å². The van der Waals surface area contributed by atoms with E-state index >= 15 is 0 Å². The first-order valence-corrected chi connectivity index (χ1v) is 10.7. The molecule has 1 N–H and O–H groups in total. The summed E-state index contributed by atoms with van der Waals surface area (Å²) in [6.07, 6.45) is 0. The minimum absolute atomic E-state index is 0.0694. The van der Waals surface area contributed by atoms with Crippen LogP contribution in [0.25, 0.3) is 11.3 Å². The Morgan fingerprint density at radius 1 is 1.16 bits per heavy atom. The third kappa shape index (κ3) is 4.50. The maximum absolute atomic E-state index is 12.6. The number of esters is 1. The molecule has 9 nitrogen and oxygen atoms in total. The van der Waals surface area contributed by atoms with Gasteiger partial charge in [-0.05, 0) is 26.1 Å². The van der Waals surface area contributed by atoms with Crippen molar-refractivity contribution in [1.29, 1.82) is 0 Å². The zero-order chi connectivity index (χ0) is 22.8. The molecule has 168 valence electrons. The Balaban J connectivity index is 1.71. The minimum atomic E-state index is -0.648. The Hall–Kier alpha value is -2.88. The number of ether oxygens (including phenoxy) is 1. The maximum Gasteiger partial charge on any atom is 0.345 e. The van der Waals surface area contributed by atoms with Crippen LogP contribution < -0.4 is 10.2 Å². The monoisotopic (exact) mass is 476 g/mol. The van der Waals surface area contributed by atoms with E-state index in [-0.39, 0.29) is 17.1 Å². The van der Waals surface area contributed by atoms with Crippen molar-refractivity contribution >= 4 is 46.7 Å². The van der Waals surface area contributed by atoms with E-state index in [2.05, 4.69) is 37.3 Å². The second-order valence-electron chi connectivity index (χ2n) is 7.40. The Morgan fingerprint density at radius 3 is 2.50 bits per heavy atom. The summed E-state index contributed by atoms with van der Waals surface area (Å²) < 4.78 is 10.4. The van der Waals surface area contributed by atoms with Crippen LogP contribution in [-0.4, -0.2) is 66.3 Å². The van der Waals surface area contributed by atoms with Crippen molar-refractivity contribution < 1.29 is 14.1 Å². The second-order valence-corrected chi connectivity index (χ2v) is 8.21. The molecule has 1 aliphatic rings. The summed E-state index contributed by atoms with van der Waals surface area (Å²) in [5.74, 6) is 1.26. The van der Waals surface area contributed by atoms with Crippen LogP contribution in [-0.2, 0) is 4.74 Å². The third-order valence-corrected chi connectivity index (χ3v) is 5.80. The van der Waals surface area contributed by atoms with Crippen LogP contribution >= 0.6 is 23.2 Å². The van der Waals surface area contributed by atoms with Gasteiger partial charge in [0.2, 0.25) is 5.88 Å². The Bertz CT molecular complexity index is 1120. The maximum atomic E-state index is 12.6. The molecule has 0 radical (unpaired) electrons. The molecule has 1 fully saturated rings. The van der Waals surface area contributed by atoms with Crippen molar-refractivity contribution in [3.8, 4) is 11.3 Å². The molecule has 11 heteroatoms. The number of aryl methyl sites for hydroxylation is 1. The normalized spacial score (nSPS) is 14.5. The number of rotatable bonds is 5. The third-order valence-electron chi connectivity index (χ3n) is 5.17. The topological polar surface area (TPSA) is 96.6 Å². The summed E-state index contributed by atoms with van der Waals surface area (Å²) in [4.78, 5) is 26.1. The number of aromatic nitrogens is 3. The molecule has 0 bridgehead atoms. The van der Waals surface area contributed by atoms with Crippen LogP contribution in [0.2, 0.25) is 10.0 Å². The highest BCUT2D eigenvalue weighted by molar-refractivity contribution is 6.39. The number of carbonyl (C=O) groups is 1. The first-order valence-electron chi connectivity index (χ1n) is 9.96. The van der Waals surface area contributed by atoms with Gasteiger partial charge < -0.3 is 24.4 Å². The summed E-state index contributed by atoms with van der Waals surface area (Å²) in [5, 5.41) is 7.75. The molecule has 0 atom stereocenters. The number of nitrogens with one attached hydrogen (secondary N) is 1. The first-order chi connectivity index (χ1) is 15.4. The van der Waals surface area contributed by atoms with E-state index in [0.29, 0.717) is 27.3 Å². The molecular formula is C21H22Cl2N6O3. The standard InChI is InChI=1S/C21H22Cl2N6O3/c1-12-24-15(11-16(25-12)29-9-7-28(2)8-10-29)26-20-18(21(30)31-3)19(27-32-20)17-13(22)5-4-6-14(17)23/h4-6,11H,7-10H2,1-3H3,(H,24,25,26). The van der Waals surface area contributed by atoms with Gasteiger partial charge in [0.1, 0.15) is 23.2 Å². The summed E-state index contributed by atoms with van der Waals surface area (Å²) in [7, 11) is 3.37. The van der Waals surface area contributed by atoms with E-state index in [4.69, 9.17) is 32.5 Å². The quantitative estimate of drug-likeness (QED) is 0.547. The van der Waals surface area contributed by atoms with Crippen LogP contribution in [0.3, 0.4) is 0 Å². The number of piperazine rings is 1. The molecule has 2 aromatic heterocycles. The van der Waals surface area contributed by atoms with Crippen LogP contribution in [0.1, 0.15) is 16.2 Å². The predicted molar refractivity (Wildman–Crippen MR) is 123 cm³/mol. The van der Waals surface area contributed by atoms with Gasteiger partial charge in [-0.3, -0.25) is 0 Å². The van der Waals surface area contributed by atoms with Gasteiger partial charge in [0.15, 0.2) is 5.56 Å². The van der Waals surface area contributed by atoms with E-state index < -0.39 is 5.97 Å². The van der Waals surface area contributed by atoms with Crippen molar-refractivity contribution in [3.63, 3.8) is 0 Å². The summed E-state index contributed by atoms with van der Waals surface area (Å²) >= 11 is 12.6. The summed E-state index contributed by atoms with van der Waals surface area (Å²) in [5.41, 5.74) is 0.630. The number of methoxy groups -OCH3 is 1. The van der Waals surface area contributed by atoms with Gasteiger partial charge in [0, 0.05) is 37.8 Å². The molecule has 4 rings (SSSR count). The van der Waals surface area contributed by atoms with Crippen LogP contribution in [0.4, 0.5) is 17.5 Å². The molecule has 0 unspecified atom stereocenters. The molecule has 0 amide bonds. The largest absolute Gasteiger partial charge is 0.465 e. The molecule has 32 heavy (non-hydrogen) atoms. The molecule has 1 saturated heterocycles. The fraction of sp³-hybridized carbons (Fsp3) is 0.333. The van der Waals surface area contributed by atoms with Gasteiger partial charge in [-0.25, -0.2) is 14.8 Å². The zero-order valence-electron chi connectivity index (χ0n) is 17.9. The molecular weight excluding hydrogens is 455 g/mol. The number of benzene rings is 1. The lowest BCUT2D eigenvalue weighted by Crippen LogP contribution is -2.44. The van der Waals surface area contributed by atoms with Gasteiger partial charge in [-0.1, -0.05) is 34.4 Å². The fourth-order valence-electron chi connectivity index (χ4n) is 3.49. The predicted octanol–water partition coefficient (Wildman–Crippen LogP) is 4.03. The number of hydrogen-bond acceptors (Lipinski definition) is 9.